The molecule has 3 aromatic rings. The molecule has 132 valence electrons. The summed E-state index contributed by atoms with van der Waals surface area (Å²) in [6.45, 7) is 0. The number of para-hydroxylation sites is 1. The summed E-state index contributed by atoms with van der Waals surface area (Å²) in [7, 11) is 0. The normalized spacial score (nSPS) is 10.2. The molecule has 1 aromatic heterocycles. The molecule has 0 fully saturated rings. The number of thiophene rings is 1. The van der Waals surface area contributed by atoms with E-state index in [1.807, 2.05) is 23.6 Å². The van der Waals surface area contributed by atoms with E-state index >= 15 is 0 Å². The van der Waals surface area contributed by atoms with Gasteiger partial charge in [-0.25, -0.2) is 0 Å². The number of nitrogens with one attached hydrogen (secondary N) is 1. The van der Waals surface area contributed by atoms with Crippen molar-refractivity contribution in [1.29, 1.82) is 0 Å². The molecular formula is C21H14N2O3S. The molecule has 0 aliphatic carbocycles. The molecule has 0 spiro atoms. The molecule has 0 aliphatic heterocycles. The lowest BCUT2D eigenvalue weighted by Gasteiger charge is -2.02. The zero-order chi connectivity index (χ0) is 19.1. The second-order valence-corrected chi connectivity index (χ2v) is 6.39. The molecule has 0 aliphatic rings. The number of benzene rings is 2. The average Bonchev–Trinajstić information content (AvgIpc) is 3.19. The van der Waals surface area contributed by atoms with Crippen LogP contribution in [0.5, 0.6) is 0 Å². The van der Waals surface area contributed by atoms with Crippen molar-refractivity contribution in [3.05, 3.63) is 98.2 Å². The first-order valence-electron chi connectivity index (χ1n) is 8.00. The maximum atomic E-state index is 12.1. The first kappa shape index (κ1) is 18.1. The number of anilines is 1. The number of hydrogen-bond donors (Lipinski definition) is 1. The second kappa shape index (κ2) is 8.61. The Balaban J connectivity index is 1.70. The summed E-state index contributed by atoms with van der Waals surface area (Å²) >= 11 is 1.56. The monoisotopic (exact) mass is 374 g/mol. The lowest BCUT2D eigenvalue weighted by molar-refractivity contribution is -0.385. The Bertz CT molecular complexity index is 1060. The molecule has 3 rings (SSSR count). The van der Waals surface area contributed by atoms with Gasteiger partial charge in [0.05, 0.1) is 15.4 Å². The number of rotatable bonds is 4. The maximum Gasteiger partial charge on any atom is 0.276 e. The summed E-state index contributed by atoms with van der Waals surface area (Å²) in [5, 5.41) is 15.7. The van der Waals surface area contributed by atoms with Crippen molar-refractivity contribution in [2.75, 3.05) is 5.32 Å². The molecule has 0 atom stereocenters. The molecule has 2 aromatic carbocycles. The van der Waals surface area contributed by atoms with Crippen LogP contribution < -0.4 is 5.32 Å². The van der Waals surface area contributed by atoms with E-state index in [1.165, 1.54) is 18.2 Å². The minimum atomic E-state index is -0.479. The van der Waals surface area contributed by atoms with Crippen molar-refractivity contribution < 1.29 is 9.72 Å². The summed E-state index contributed by atoms with van der Waals surface area (Å²) in [6.07, 6.45) is 2.69. The van der Waals surface area contributed by atoms with E-state index in [0.717, 1.165) is 10.4 Å². The van der Waals surface area contributed by atoms with E-state index in [9.17, 15) is 14.9 Å². The van der Waals surface area contributed by atoms with Crippen molar-refractivity contribution in [2.24, 2.45) is 0 Å². The third-order valence-corrected chi connectivity index (χ3v) is 4.31. The zero-order valence-electron chi connectivity index (χ0n) is 14.1. The van der Waals surface area contributed by atoms with E-state index in [0.29, 0.717) is 11.3 Å². The highest BCUT2D eigenvalue weighted by Crippen LogP contribution is 2.19. The summed E-state index contributed by atoms with van der Waals surface area (Å²) in [4.78, 5) is 23.6. The fourth-order valence-corrected chi connectivity index (χ4v) is 2.87. The highest BCUT2D eigenvalue weighted by Gasteiger charge is 2.09. The van der Waals surface area contributed by atoms with Gasteiger partial charge in [0, 0.05) is 23.4 Å². The molecule has 0 radical (unpaired) electrons. The number of nitro benzene ring substituents is 1. The number of nitro groups is 1. The summed E-state index contributed by atoms with van der Waals surface area (Å²) in [5.74, 6) is 5.74. The first-order chi connectivity index (χ1) is 13.1. The van der Waals surface area contributed by atoms with Crippen LogP contribution in [0.15, 0.2) is 72.1 Å². The molecule has 5 nitrogen and oxygen atoms in total. The zero-order valence-corrected chi connectivity index (χ0v) is 14.9. The van der Waals surface area contributed by atoms with Gasteiger partial charge in [-0.3, -0.25) is 14.9 Å². The van der Waals surface area contributed by atoms with Crippen molar-refractivity contribution in [1.82, 2.24) is 0 Å². The fourth-order valence-electron chi connectivity index (χ4n) is 2.30. The lowest BCUT2D eigenvalue weighted by Crippen LogP contribution is -2.07. The van der Waals surface area contributed by atoms with Crippen LogP contribution >= 0.6 is 11.3 Å². The number of carbonyl (C=O) groups excluding carboxylic acids is 1. The van der Waals surface area contributed by atoms with Crippen LogP contribution in [0.3, 0.4) is 0 Å². The number of hydrogen-bond acceptors (Lipinski definition) is 4. The van der Waals surface area contributed by atoms with Crippen molar-refractivity contribution >= 4 is 34.7 Å². The van der Waals surface area contributed by atoms with Gasteiger partial charge in [0.1, 0.15) is 0 Å². The quantitative estimate of drug-likeness (QED) is 0.311. The molecule has 1 heterocycles. The summed E-state index contributed by atoms with van der Waals surface area (Å²) in [5.41, 5.74) is 1.70. The molecule has 1 amide bonds. The Morgan fingerprint density at radius 2 is 1.93 bits per heavy atom. The van der Waals surface area contributed by atoms with Gasteiger partial charge in [0.2, 0.25) is 5.91 Å². The first-order valence-corrected chi connectivity index (χ1v) is 8.88. The van der Waals surface area contributed by atoms with Crippen LogP contribution in [-0.2, 0) is 4.79 Å². The molecular weight excluding hydrogens is 360 g/mol. The number of amides is 1. The number of nitrogens with zero attached hydrogens (tertiary/aromatic N) is 1. The van der Waals surface area contributed by atoms with Gasteiger partial charge < -0.3 is 5.32 Å². The van der Waals surface area contributed by atoms with Gasteiger partial charge >= 0.3 is 0 Å². The minimum absolute atomic E-state index is 0.0487. The molecule has 0 saturated heterocycles. The van der Waals surface area contributed by atoms with Crippen LogP contribution in [0.2, 0.25) is 0 Å². The van der Waals surface area contributed by atoms with Gasteiger partial charge in [-0.05, 0) is 41.8 Å². The second-order valence-electron chi connectivity index (χ2n) is 5.45. The molecule has 0 unspecified atom stereocenters. The van der Waals surface area contributed by atoms with Crippen LogP contribution in [-0.4, -0.2) is 10.8 Å². The third kappa shape index (κ3) is 5.14. The van der Waals surface area contributed by atoms with E-state index < -0.39 is 4.92 Å². The Labute approximate surface area is 160 Å². The largest absolute Gasteiger partial charge is 0.322 e. The lowest BCUT2D eigenvalue weighted by atomic mass is 10.1. The van der Waals surface area contributed by atoms with E-state index in [-0.39, 0.29) is 11.6 Å². The molecule has 0 bridgehead atoms. The standard InChI is InChI=1S/C21H14N2O3S/c24-21(13-11-17-6-1-2-9-20(17)23(25)26)22-18-7-3-5-16(15-18)10-12-19-8-4-14-27-19/h1-9,11,13-15H,(H,22,24)/b13-11+. The third-order valence-electron chi connectivity index (χ3n) is 3.53. The van der Waals surface area contributed by atoms with E-state index in [1.54, 1.807) is 47.7 Å². The van der Waals surface area contributed by atoms with Gasteiger partial charge in [-0.1, -0.05) is 36.1 Å². The van der Waals surface area contributed by atoms with Gasteiger partial charge in [0.25, 0.3) is 5.69 Å². The van der Waals surface area contributed by atoms with Gasteiger partial charge in [-0.15, -0.1) is 11.3 Å². The SMILES string of the molecule is O=C(/C=C/c1ccccc1[N+](=O)[O-])Nc1cccc(C#Cc2cccs2)c1. The topological polar surface area (TPSA) is 72.2 Å². The number of carbonyl (C=O) groups is 1. The molecule has 27 heavy (non-hydrogen) atoms. The fraction of sp³-hybridized carbons (Fsp3) is 0. The molecule has 6 heteroatoms. The summed E-state index contributed by atoms with van der Waals surface area (Å²) < 4.78 is 0. The predicted octanol–water partition coefficient (Wildman–Crippen LogP) is 4.71. The maximum absolute atomic E-state index is 12.1. The van der Waals surface area contributed by atoms with E-state index in [4.69, 9.17) is 0 Å². The van der Waals surface area contributed by atoms with Crippen molar-refractivity contribution in [2.45, 2.75) is 0 Å². The highest BCUT2D eigenvalue weighted by atomic mass is 32.1. The molecule has 1 N–H and O–H groups in total. The van der Waals surface area contributed by atoms with E-state index in [2.05, 4.69) is 17.2 Å². The van der Waals surface area contributed by atoms with Gasteiger partial charge in [0.15, 0.2) is 0 Å². The van der Waals surface area contributed by atoms with Crippen molar-refractivity contribution in [3.63, 3.8) is 0 Å². The predicted molar refractivity (Wildman–Crippen MR) is 108 cm³/mol. The van der Waals surface area contributed by atoms with Gasteiger partial charge in [-0.2, -0.15) is 0 Å². The van der Waals surface area contributed by atoms with Crippen molar-refractivity contribution in [3.8, 4) is 11.8 Å². The minimum Gasteiger partial charge on any atom is -0.322 e. The Morgan fingerprint density at radius 3 is 2.70 bits per heavy atom. The average molecular weight is 374 g/mol. The highest BCUT2D eigenvalue weighted by molar-refractivity contribution is 7.10. The summed E-state index contributed by atoms with van der Waals surface area (Å²) in [6, 6.07) is 17.3. The van der Waals surface area contributed by atoms with Crippen LogP contribution in [0, 0.1) is 22.0 Å². The molecule has 0 saturated carbocycles. The van der Waals surface area contributed by atoms with Crippen LogP contribution in [0.4, 0.5) is 11.4 Å². The van der Waals surface area contributed by atoms with Crippen LogP contribution in [0.25, 0.3) is 6.08 Å². The smallest absolute Gasteiger partial charge is 0.276 e. The Kier molecular flexibility index (Phi) is 5.77. The van der Waals surface area contributed by atoms with Crippen LogP contribution in [0.1, 0.15) is 16.0 Å². The Hall–Kier alpha value is -3.69. The Morgan fingerprint density at radius 1 is 1.07 bits per heavy atom.